The van der Waals surface area contributed by atoms with E-state index >= 15 is 0 Å². The molecule has 28 heavy (non-hydrogen) atoms. The summed E-state index contributed by atoms with van der Waals surface area (Å²) in [4.78, 5) is 38.8. The van der Waals surface area contributed by atoms with Gasteiger partial charge in [0, 0.05) is 16.8 Å². The highest BCUT2D eigenvalue weighted by Crippen LogP contribution is 2.33. The molecule has 1 aliphatic rings. The molecular formula is C20H20ClN3O4. The van der Waals surface area contributed by atoms with Gasteiger partial charge in [-0.2, -0.15) is 0 Å². The number of imide groups is 1. The first-order valence-electron chi connectivity index (χ1n) is 8.73. The quantitative estimate of drug-likeness (QED) is 0.728. The van der Waals surface area contributed by atoms with Crippen LogP contribution in [-0.2, 0) is 15.1 Å². The highest BCUT2D eigenvalue weighted by Gasteiger charge is 2.51. The number of rotatable bonds is 6. The van der Waals surface area contributed by atoms with E-state index in [-0.39, 0.29) is 0 Å². The van der Waals surface area contributed by atoms with Crippen molar-refractivity contribution >= 4 is 35.1 Å². The van der Waals surface area contributed by atoms with Gasteiger partial charge in [0.15, 0.2) is 0 Å². The van der Waals surface area contributed by atoms with Crippen LogP contribution in [0.5, 0.6) is 5.75 Å². The van der Waals surface area contributed by atoms with Crippen LogP contribution in [0, 0.1) is 0 Å². The molecule has 7 nitrogen and oxygen atoms in total. The first-order valence-corrected chi connectivity index (χ1v) is 9.11. The summed E-state index contributed by atoms with van der Waals surface area (Å²) in [5.41, 5.74) is -0.0814. The molecular weight excluding hydrogens is 382 g/mol. The van der Waals surface area contributed by atoms with Crippen LogP contribution < -0.4 is 15.4 Å². The Hall–Kier alpha value is -3.06. The Morgan fingerprint density at radius 2 is 1.93 bits per heavy atom. The van der Waals surface area contributed by atoms with E-state index in [1.165, 1.54) is 7.11 Å². The molecule has 2 aromatic carbocycles. The van der Waals surface area contributed by atoms with Gasteiger partial charge in [-0.1, -0.05) is 36.7 Å². The molecule has 2 aromatic rings. The predicted octanol–water partition coefficient (Wildman–Crippen LogP) is 3.14. The number of amides is 4. The van der Waals surface area contributed by atoms with E-state index in [1.807, 2.05) is 0 Å². The molecule has 4 amide bonds. The van der Waals surface area contributed by atoms with Crippen molar-refractivity contribution in [3.63, 3.8) is 0 Å². The fraction of sp³-hybridized carbons (Fsp3) is 0.250. The van der Waals surface area contributed by atoms with Crippen molar-refractivity contribution in [2.24, 2.45) is 0 Å². The second kappa shape index (κ2) is 7.90. The van der Waals surface area contributed by atoms with Gasteiger partial charge in [-0.3, -0.25) is 14.5 Å². The second-order valence-electron chi connectivity index (χ2n) is 6.37. The predicted molar refractivity (Wildman–Crippen MR) is 105 cm³/mol. The Bertz CT molecular complexity index is 916. The molecule has 1 aliphatic heterocycles. The number of urea groups is 1. The summed E-state index contributed by atoms with van der Waals surface area (Å²) >= 11 is 5.92. The first-order chi connectivity index (χ1) is 13.4. The van der Waals surface area contributed by atoms with Crippen LogP contribution in [0.1, 0.15) is 18.9 Å². The van der Waals surface area contributed by atoms with Crippen LogP contribution in [0.2, 0.25) is 5.02 Å². The van der Waals surface area contributed by atoms with Crippen LogP contribution in [0.3, 0.4) is 0 Å². The van der Waals surface area contributed by atoms with Crippen LogP contribution >= 0.6 is 11.6 Å². The van der Waals surface area contributed by atoms with Gasteiger partial charge in [0.25, 0.3) is 5.91 Å². The molecule has 3 rings (SSSR count). The fourth-order valence-corrected chi connectivity index (χ4v) is 3.31. The summed E-state index contributed by atoms with van der Waals surface area (Å²) in [5, 5.41) is 5.93. The lowest BCUT2D eigenvalue weighted by Gasteiger charge is -2.25. The largest absolute Gasteiger partial charge is 0.497 e. The van der Waals surface area contributed by atoms with Gasteiger partial charge in [-0.15, -0.1) is 0 Å². The Morgan fingerprint density at radius 3 is 2.57 bits per heavy atom. The number of benzene rings is 2. The van der Waals surface area contributed by atoms with E-state index in [1.54, 1.807) is 55.5 Å². The lowest BCUT2D eigenvalue weighted by Crippen LogP contribution is -2.44. The zero-order valence-electron chi connectivity index (χ0n) is 15.5. The number of carbonyl (C=O) groups is 3. The average Bonchev–Trinajstić information content (AvgIpc) is 2.93. The summed E-state index contributed by atoms with van der Waals surface area (Å²) in [6.45, 7) is 1.41. The summed E-state index contributed by atoms with van der Waals surface area (Å²) in [5.74, 6) is -0.372. The number of halogens is 1. The standard InChI is InChI=1S/C20H20ClN3O4/c1-3-20(13-7-9-14(21)10-8-13)18(26)24(19(27)23-20)12-17(25)22-15-5-4-6-16(11-15)28-2/h4-11H,3,12H2,1-2H3,(H,22,25)(H,23,27)/t20-/m0/s1. The van der Waals surface area contributed by atoms with Crippen molar-refractivity contribution < 1.29 is 19.1 Å². The highest BCUT2D eigenvalue weighted by atomic mass is 35.5. The summed E-state index contributed by atoms with van der Waals surface area (Å²) < 4.78 is 5.11. The number of hydrogen-bond acceptors (Lipinski definition) is 4. The van der Waals surface area contributed by atoms with Crippen molar-refractivity contribution in [2.75, 3.05) is 19.0 Å². The van der Waals surface area contributed by atoms with Crippen molar-refractivity contribution in [1.29, 1.82) is 0 Å². The summed E-state index contributed by atoms with van der Waals surface area (Å²) in [6, 6.07) is 12.9. The Balaban J connectivity index is 1.77. The number of anilines is 1. The van der Waals surface area contributed by atoms with E-state index < -0.39 is 29.9 Å². The van der Waals surface area contributed by atoms with Gasteiger partial charge in [-0.05, 0) is 36.2 Å². The molecule has 0 radical (unpaired) electrons. The van der Waals surface area contributed by atoms with Gasteiger partial charge in [-0.25, -0.2) is 4.79 Å². The number of ether oxygens (including phenoxy) is 1. The maximum absolute atomic E-state index is 13.1. The van der Waals surface area contributed by atoms with E-state index in [4.69, 9.17) is 16.3 Å². The van der Waals surface area contributed by atoms with Gasteiger partial charge < -0.3 is 15.4 Å². The Kier molecular flexibility index (Phi) is 5.56. The lowest BCUT2D eigenvalue weighted by atomic mass is 9.87. The molecule has 0 saturated carbocycles. The maximum atomic E-state index is 13.1. The monoisotopic (exact) mass is 401 g/mol. The minimum Gasteiger partial charge on any atom is -0.497 e. The summed E-state index contributed by atoms with van der Waals surface area (Å²) in [7, 11) is 1.52. The zero-order valence-corrected chi connectivity index (χ0v) is 16.2. The summed E-state index contributed by atoms with van der Waals surface area (Å²) in [6.07, 6.45) is 0.340. The number of methoxy groups -OCH3 is 1. The number of nitrogens with one attached hydrogen (secondary N) is 2. The van der Waals surface area contributed by atoms with E-state index in [0.717, 1.165) is 4.90 Å². The van der Waals surface area contributed by atoms with Gasteiger partial charge in [0.05, 0.1) is 7.11 Å². The molecule has 1 saturated heterocycles. The van der Waals surface area contributed by atoms with Crippen LogP contribution in [0.25, 0.3) is 0 Å². The minimum absolute atomic E-state index is 0.340. The Labute approximate surface area is 167 Å². The third kappa shape index (κ3) is 3.66. The molecule has 1 atom stereocenters. The van der Waals surface area contributed by atoms with Gasteiger partial charge in [0.1, 0.15) is 17.8 Å². The number of nitrogens with zero attached hydrogens (tertiary/aromatic N) is 1. The number of carbonyl (C=O) groups excluding carboxylic acids is 3. The third-order valence-electron chi connectivity index (χ3n) is 4.70. The Morgan fingerprint density at radius 1 is 1.21 bits per heavy atom. The second-order valence-corrected chi connectivity index (χ2v) is 6.80. The molecule has 8 heteroatoms. The maximum Gasteiger partial charge on any atom is 0.325 e. The highest BCUT2D eigenvalue weighted by molar-refractivity contribution is 6.30. The molecule has 1 heterocycles. The van der Waals surface area contributed by atoms with Crippen molar-refractivity contribution in [1.82, 2.24) is 10.2 Å². The van der Waals surface area contributed by atoms with E-state index in [0.29, 0.717) is 28.4 Å². The normalized spacial score (nSPS) is 18.8. The SMILES string of the molecule is CC[C@@]1(c2ccc(Cl)cc2)NC(=O)N(CC(=O)Nc2cccc(OC)c2)C1=O. The van der Waals surface area contributed by atoms with E-state index in [9.17, 15) is 14.4 Å². The van der Waals surface area contributed by atoms with Crippen LogP contribution in [0.15, 0.2) is 48.5 Å². The lowest BCUT2D eigenvalue weighted by molar-refractivity contribution is -0.134. The molecule has 146 valence electrons. The molecule has 0 spiro atoms. The first kappa shape index (κ1) is 19.7. The smallest absolute Gasteiger partial charge is 0.325 e. The van der Waals surface area contributed by atoms with Crippen molar-refractivity contribution in [2.45, 2.75) is 18.9 Å². The average molecular weight is 402 g/mol. The third-order valence-corrected chi connectivity index (χ3v) is 4.95. The van der Waals surface area contributed by atoms with Crippen LogP contribution in [-0.4, -0.2) is 36.4 Å². The number of hydrogen-bond donors (Lipinski definition) is 2. The zero-order chi connectivity index (χ0) is 20.3. The molecule has 0 aliphatic carbocycles. The topological polar surface area (TPSA) is 87.7 Å². The molecule has 0 bridgehead atoms. The molecule has 0 unspecified atom stereocenters. The van der Waals surface area contributed by atoms with Crippen molar-refractivity contribution in [3.05, 3.63) is 59.1 Å². The van der Waals surface area contributed by atoms with E-state index in [2.05, 4.69) is 10.6 Å². The van der Waals surface area contributed by atoms with Crippen LogP contribution in [0.4, 0.5) is 10.5 Å². The molecule has 1 fully saturated rings. The fourth-order valence-electron chi connectivity index (χ4n) is 3.19. The van der Waals surface area contributed by atoms with Crippen molar-refractivity contribution in [3.8, 4) is 5.75 Å². The van der Waals surface area contributed by atoms with Gasteiger partial charge in [0.2, 0.25) is 5.91 Å². The minimum atomic E-state index is -1.21. The molecule has 0 aromatic heterocycles. The molecule has 2 N–H and O–H groups in total. The van der Waals surface area contributed by atoms with Gasteiger partial charge >= 0.3 is 6.03 Å².